The van der Waals surface area contributed by atoms with Gasteiger partial charge in [-0.3, -0.25) is 14.5 Å². The average Bonchev–Trinajstić information content (AvgIpc) is 3.04. The van der Waals surface area contributed by atoms with Crippen molar-refractivity contribution in [1.29, 1.82) is 0 Å². The van der Waals surface area contributed by atoms with Crippen LogP contribution in [0.15, 0.2) is 82.8 Å². The van der Waals surface area contributed by atoms with Gasteiger partial charge in [-0.15, -0.1) is 0 Å². The molecule has 1 N–H and O–H groups in total. The fourth-order valence-corrected chi connectivity index (χ4v) is 3.95. The van der Waals surface area contributed by atoms with Crippen molar-refractivity contribution in [3.8, 4) is 0 Å². The Morgan fingerprint density at radius 3 is 2.24 bits per heavy atom. The number of Topliss-reactive ketones (excluding diaryl/α,β-unsaturated/α-hetero) is 1. The van der Waals surface area contributed by atoms with E-state index in [0.717, 1.165) is 35.2 Å². The van der Waals surface area contributed by atoms with E-state index in [2.05, 4.69) is 15.9 Å². The first kappa shape index (κ1) is 22.7. The van der Waals surface area contributed by atoms with Crippen molar-refractivity contribution in [2.45, 2.75) is 12.2 Å². The van der Waals surface area contributed by atoms with Gasteiger partial charge in [0.15, 0.2) is 0 Å². The Bertz CT molecular complexity index is 1290. The van der Waals surface area contributed by atoms with Crippen molar-refractivity contribution in [2.24, 2.45) is 0 Å². The first-order valence-corrected chi connectivity index (χ1v) is 10.4. The highest BCUT2D eigenvalue weighted by Gasteiger charge is 2.47. The number of benzene rings is 3. The molecule has 1 fully saturated rings. The summed E-state index contributed by atoms with van der Waals surface area (Å²) >= 11 is 3.26. The summed E-state index contributed by atoms with van der Waals surface area (Å²) in [5.41, 5.74) is -1.26. The Morgan fingerprint density at radius 1 is 0.939 bits per heavy atom. The Morgan fingerprint density at radius 2 is 1.61 bits per heavy atom. The molecular formula is C24H14BrF4NO3. The molecule has 0 unspecified atom stereocenters. The van der Waals surface area contributed by atoms with Gasteiger partial charge in [-0.05, 0) is 48.0 Å². The van der Waals surface area contributed by atoms with Crippen molar-refractivity contribution in [3.05, 3.63) is 105 Å². The Kier molecular flexibility index (Phi) is 5.84. The van der Waals surface area contributed by atoms with Gasteiger partial charge in [-0.2, -0.15) is 13.2 Å². The minimum absolute atomic E-state index is 0.116. The molecule has 3 aromatic carbocycles. The van der Waals surface area contributed by atoms with E-state index < -0.39 is 41.0 Å². The van der Waals surface area contributed by atoms with Crippen molar-refractivity contribution < 1.29 is 32.3 Å². The molecule has 1 heterocycles. The number of hydrogen-bond acceptors (Lipinski definition) is 3. The van der Waals surface area contributed by atoms with Gasteiger partial charge in [0, 0.05) is 15.7 Å². The average molecular weight is 520 g/mol. The van der Waals surface area contributed by atoms with Gasteiger partial charge in [0.1, 0.15) is 11.6 Å². The molecular weight excluding hydrogens is 506 g/mol. The van der Waals surface area contributed by atoms with Crippen LogP contribution in [0, 0.1) is 5.82 Å². The second-order valence-corrected chi connectivity index (χ2v) is 8.19. The molecule has 0 spiro atoms. The van der Waals surface area contributed by atoms with E-state index in [0.29, 0.717) is 4.47 Å². The fourth-order valence-electron chi connectivity index (χ4n) is 3.69. The number of alkyl halides is 3. The zero-order valence-corrected chi connectivity index (χ0v) is 18.2. The van der Waals surface area contributed by atoms with Crippen LogP contribution in [-0.2, 0) is 15.8 Å². The molecule has 9 heteroatoms. The summed E-state index contributed by atoms with van der Waals surface area (Å²) in [6.07, 6.45) is -4.69. The van der Waals surface area contributed by atoms with Gasteiger partial charge >= 0.3 is 6.18 Å². The number of halogens is 5. The standard InChI is InChI=1S/C24H14BrF4NO3/c25-16-9-7-13(8-10-16)21(31)19-20(14-3-1-5-17(26)11-14)30(23(33)22(19)32)18-6-2-4-15(12-18)24(27,28)29/h1-12,20,31H/t20-/m0/s1. The number of nitrogens with zero attached hydrogens (tertiary/aromatic N) is 1. The smallest absolute Gasteiger partial charge is 0.416 e. The predicted octanol–water partition coefficient (Wildman–Crippen LogP) is 6.23. The maximum Gasteiger partial charge on any atom is 0.416 e. The van der Waals surface area contributed by atoms with E-state index in [9.17, 15) is 32.3 Å². The highest BCUT2D eigenvalue weighted by molar-refractivity contribution is 9.10. The van der Waals surface area contributed by atoms with Gasteiger partial charge in [-0.1, -0.05) is 46.3 Å². The Balaban J connectivity index is 1.95. The van der Waals surface area contributed by atoms with Gasteiger partial charge < -0.3 is 5.11 Å². The number of anilines is 1. The Labute approximate surface area is 193 Å². The minimum Gasteiger partial charge on any atom is -0.507 e. The van der Waals surface area contributed by atoms with Crippen LogP contribution in [0.5, 0.6) is 0 Å². The largest absolute Gasteiger partial charge is 0.507 e. The zero-order valence-electron chi connectivity index (χ0n) is 16.6. The van der Waals surface area contributed by atoms with Crippen LogP contribution in [0.4, 0.5) is 23.2 Å². The van der Waals surface area contributed by atoms with Crippen LogP contribution >= 0.6 is 15.9 Å². The number of rotatable bonds is 3. The second-order valence-electron chi connectivity index (χ2n) is 7.28. The number of aliphatic hydroxyl groups excluding tert-OH is 1. The van der Waals surface area contributed by atoms with Gasteiger partial charge in [-0.25, -0.2) is 4.39 Å². The maximum atomic E-state index is 14.0. The summed E-state index contributed by atoms with van der Waals surface area (Å²) in [6.45, 7) is 0. The van der Waals surface area contributed by atoms with E-state index in [1.165, 1.54) is 30.3 Å². The minimum atomic E-state index is -4.69. The van der Waals surface area contributed by atoms with Crippen LogP contribution in [0.1, 0.15) is 22.7 Å². The normalized spacial score (nSPS) is 18.1. The number of ketones is 1. The lowest BCUT2D eigenvalue weighted by molar-refractivity contribution is -0.137. The maximum absolute atomic E-state index is 14.0. The van der Waals surface area contributed by atoms with E-state index in [1.807, 2.05) is 0 Å². The highest BCUT2D eigenvalue weighted by atomic mass is 79.9. The fraction of sp³-hybridized carbons (Fsp3) is 0.0833. The van der Waals surface area contributed by atoms with Crippen molar-refractivity contribution in [2.75, 3.05) is 4.90 Å². The topological polar surface area (TPSA) is 57.6 Å². The van der Waals surface area contributed by atoms with Crippen LogP contribution in [-0.4, -0.2) is 16.8 Å². The summed E-state index contributed by atoms with van der Waals surface area (Å²) in [7, 11) is 0. The third kappa shape index (κ3) is 4.28. The summed E-state index contributed by atoms with van der Waals surface area (Å²) < 4.78 is 54.6. The lowest BCUT2D eigenvalue weighted by atomic mass is 9.95. The molecule has 3 aromatic rings. The van der Waals surface area contributed by atoms with Gasteiger partial charge in [0.25, 0.3) is 11.7 Å². The summed E-state index contributed by atoms with van der Waals surface area (Å²) in [5, 5.41) is 10.9. The molecule has 0 saturated carbocycles. The van der Waals surface area contributed by atoms with E-state index in [-0.39, 0.29) is 22.4 Å². The molecule has 33 heavy (non-hydrogen) atoms. The molecule has 0 aromatic heterocycles. The molecule has 0 radical (unpaired) electrons. The predicted molar refractivity (Wildman–Crippen MR) is 117 cm³/mol. The monoisotopic (exact) mass is 519 g/mol. The second kappa shape index (κ2) is 8.47. The van der Waals surface area contributed by atoms with Crippen LogP contribution in [0.2, 0.25) is 0 Å². The molecule has 4 rings (SSSR count). The van der Waals surface area contributed by atoms with Crippen molar-refractivity contribution >= 4 is 39.1 Å². The third-order valence-electron chi connectivity index (χ3n) is 5.18. The van der Waals surface area contributed by atoms with E-state index >= 15 is 0 Å². The first-order chi connectivity index (χ1) is 15.6. The molecule has 4 nitrogen and oxygen atoms in total. The van der Waals surface area contributed by atoms with Gasteiger partial charge in [0.05, 0.1) is 17.2 Å². The molecule has 168 valence electrons. The highest BCUT2D eigenvalue weighted by Crippen LogP contribution is 2.43. The number of aliphatic hydroxyl groups is 1. The van der Waals surface area contributed by atoms with Crippen LogP contribution in [0.25, 0.3) is 5.76 Å². The van der Waals surface area contributed by atoms with Gasteiger partial charge in [0.2, 0.25) is 0 Å². The lowest BCUT2D eigenvalue weighted by Crippen LogP contribution is -2.29. The molecule has 1 aliphatic rings. The number of amides is 1. The Hall–Kier alpha value is -3.46. The molecule has 0 aliphatic carbocycles. The number of carbonyl (C=O) groups is 2. The quantitative estimate of drug-likeness (QED) is 0.193. The SMILES string of the molecule is O=C1C(=O)N(c2cccc(C(F)(F)F)c2)[C@@H](c2cccc(F)c2)C1=C(O)c1ccc(Br)cc1. The number of carbonyl (C=O) groups excluding carboxylic acids is 2. The molecule has 1 atom stereocenters. The van der Waals surface area contributed by atoms with Crippen LogP contribution in [0.3, 0.4) is 0 Å². The van der Waals surface area contributed by atoms with E-state index in [1.54, 1.807) is 12.1 Å². The summed E-state index contributed by atoms with van der Waals surface area (Å²) in [4.78, 5) is 26.8. The third-order valence-corrected chi connectivity index (χ3v) is 5.71. The summed E-state index contributed by atoms with van der Waals surface area (Å²) in [6, 6.07) is 13.8. The molecule has 0 bridgehead atoms. The zero-order chi connectivity index (χ0) is 23.9. The van der Waals surface area contributed by atoms with Crippen molar-refractivity contribution in [3.63, 3.8) is 0 Å². The molecule has 1 saturated heterocycles. The molecule has 1 amide bonds. The van der Waals surface area contributed by atoms with Crippen LogP contribution < -0.4 is 4.90 Å². The molecule has 1 aliphatic heterocycles. The summed E-state index contributed by atoms with van der Waals surface area (Å²) in [5.74, 6) is -3.43. The first-order valence-electron chi connectivity index (χ1n) is 9.57. The van der Waals surface area contributed by atoms with Crippen molar-refractivity contribution in [1.82, 2.24) is 0 Å². The lowest BCUT2D eigenvalue weighted by Gasteiger charge is -2.26. The number of hydrogen-bond donors (Lipinski definition) is 1. The van der Waals surface area contributed by atoms with E-state index in [4.69, 9.17) is 0 Å².